The smallest absolute Gasteiger partial charge is 0.260 e. The number of carbonyl (C=O) groups excluding carboxylic acids is 2. The highest BCUT2D eigenvalue weighted by Crippen LogP contribution is 2.19. The van der Waals surface area contributed by atoms with Crippen molar-refractivity contribution in [3.63, 3.8) is 0 Å². The third-order valence-electron chi connectivity index (χ3n) is 4.74. The maximum absolute atomic E-state index is 13.1. The minimum Gasteiger partial charge on any atom is -0.484 e. The third kappa shape index (κ3) is 5.14. The summed E-state index contributed by atoms with van der Waals surface area (Å²) in [5, 5.41) is 0. The van der Waals surface area contributed by atoms with Crippen LogP contribution in [-0.4, -0.2) is 62.2 Å². The lowest BCUT2D eigenvalue weighted by Crippen LogP contribution is -2.39. The van der Waals surface area contributed by atoms with Gasteiger partial charge in [-0.05, 0) is 48.9 Å². The second-order valence-corrected chi connectivity index (χ2v) is 8.71. The minimum atomic E-state index is -3.77. The molecule has 0 unspecified atom stereocenters. The lowest BCUT2D eigenvalue weighted by Gasteiger charge is -2.22. The fourth-order valence-electron chi connectivity index (χ4n) is 3.11. The molecule has 1 aliphatic rings. The van der Waals surface area contributed by atoms with Crippen molar-refractivity contribution in [3.05, 3.63) is 59.9 Å². The van der Waals surface area contributed by atoms with Crippen molar-refractivity contribution >= 4 is 21.8 Å². The second kappa shape index (κ2) is 9.23. The van der Waals surface area contributed by atoms with Crippen LogP contribution in [0.5, 0.6) is 5.75 Å². The lowest BCUT2D eigenvalue weighted by atomic mass is 10.2. The molecule has 0 aliphatic carbocycles. The van der Waals surface area contributed by atoms with Gasteiger partial charge < -0.3 is 15.4 Å². The minimum absolute atomic E-state index is 0.0151. The molecule has 8 nitrogen and oxygen atoms in total. The van der Waals surface area contributed by atoms with Gasteiger partial charge in [0.2, 0.25) is 15.9 Å². The molecule has 30 heavy (non-hydrogen) atoms. The second-order valence-electron chi connectivity index (χ2n) is 6.77. The number of hydrogen-bond donors (Lipinski definition) is 1. The highest BCUT2D eigenvalue weighted by Gasteiger charge is 2.28. The Morgan fingerprint density at radius 2 is 1.77 bits per heavy atom. The first-order valence-corrected chi connectivity index (χ1v) is 10.8. The van der Waals surface area contributed by atoms with Gasteiger partial charge in [-0.3, -0.25) is 9.59 Å². The summed E-state index contributed by atoms with van der Waals surface area (Å²) in [7, 11) is -3.77. The molecular weight excluding hydrogens is 413 g/mol. The zero-order valence-corrected chi connectivity index (χ0v) is 17.0. The zero-order valence-electron chi connectivity index (χ0n) is 16.2. The number of nitrogens with two attached hydrogens (primary N) is 1. The highest BCUT2D eigenvalue weighted by molar-refractivity contribution is 7.89. The number of primary amides is 1. The van der Waals surface area contributed by atoms with E-state index in [0.29, 0.717) is 18.7 Å². The van der Waals surface area contributed by atoms with Gasteiger partial charge in [0.1, 0.15) is 11.6 Å². The van der Waals surface area contributed by atoms with Gasteiger partial charge in [0.25, 0.3) is 5.91 Å². The number of hydrogen-bond acceptors (Lipinski definition) is 5. The number of rotatable bonds is 6. The standard InChI is InChI=1S/C20H22FN3O5S/c21-16-5-7-18(8-6-16)30(27,28)24-10-2-9-23(11-12-24)19(25)14-29-17-4-1-3-15(13-17)20(22)26/h1,3-8,13H,2,9-12,14H2,(H2,22,26). The molecule has 0 bridgehead atoms. The van der Waals surface area contributed by atoms with Crippen LogP contribution in [0.4, 0.5) is 4.39 Å². The molecule has 1 fully saturated rings. The number of benzene rings is 2. The van der Waals surface area contributed by atoms with Crippen LogP contribution in [0, 0.1) is 5.82 Å². The quantitative estimate of drug-likeness (QED) is 0.734. The molecule has 1 saturated heterocycles. The van der Waals surface area contributed by atoms with E-state index < -0.39 is 21.7 Å². The Kier molecular flexibility index (Phi) is 6.68. The van der Waals surface area contributed by atoms with Crippen molar-refractivity contribution in [2.24, 2.45) is 5.73 Å². The predicted octanol–water partition coefficient (Wildman–Crippen LogP) is 1.23. The average Bonchev–Trinajstić information content (AvgIpc) is 2.99. The van der Waals surface area contributed by atoms with Crippen molar-refractivity contribution in [1.82, 2.24) is 9.21 Å². The van der Waals surface area contributed by atoms with Crippen LogP contribution in [-0.2, 0) is 14.8 Å². The molecule has 160 valence electrons. The zero-order chi connectivity index (χ0) is 21.7. The SMILES string of the molecule is NC(=O)c1cccc(OCC(=O)N2CCCN(S(=O)(=O)c3ccc(F)cc3)CC2)c1. The van der Waals surface area contributed by atoms with E-state index in [4.69, 9.17) is 10.5 Å². The summed E-state index contributed by atoms with van der Waals surface area (Å²) in [5.41, 5.74) is 5.50. The van der Waals surface area contributed by atoms with E-state index >= 15 is 0 Å². The van der Waals surface area contributed by atoms with E-state index in [1.54, 1.807) is 18.2 Å². The van der Waals surface area contributed by atoms with Gasteiger partial charge in [0, 0.05) is 31.7 Å². The van der Waals surface area contributed by atoms with Gasteiger partial charge in [-0.2, -0.15) is 4.31 Å². The maximum atomic E-state index is 13.1. The van der Waals surface area contributed by atoms with Crippen molar-refractivity contribution in [2.75, 3.05) is 32.8 Å². The molecule has 10 heteroatoms. The van der Waals surface area contributed by atoms with Crippen molar-refractivity contribution in [2.45, 2.75) is 11.3 Å². The van der Waals surface area contributed by atoms with E-state index in [-0.39, 0.29) is 42.6 Å². The Bertz CT molecular complexity index is 1030. The summed E-state index contributed by atoms with van der Waals surface area (Å²) in [6.07, 6.45) is 0.462. The third-order valence-corrected chi connectivity index (χ3v) is 6.65. The van der Waals surface area contributed by atoms with Gasteiger partial charge in [-0.25, -0.2) is 12.8 Å². The average molecular weight is 435 g/mol. The molecule has 1 aliphatic heterocycles. The summed E-state index contributed by atoms with van der Waals surface area (Å²) in [4.78, 5) is 25.3. The molecular formula is C20H22FN3O5S. The Morgan fingerprint density at radius 3 is 2.47 bits per heavy atom. The molecule has 0 saturated carbocycles. The molecule has 1 heterocycles. The Balaban J connectivity index is 1.59. The summed E-state index contributed by atoms with van der Waals surface area (Å²) in [6, 6.07) is 10.9. The van der Waals surface area contributed by atoms with E-state index in [2.05, 4.69) is 0 Å². The first-order valence-electron chi connectivity index (χ1n) is 9.33. The van der Waals surface area contributed by atoms with E-state index in [0.717, 1.165) is 12.1 Å². The predicted molar refractivity (Wildman–Crippen MR) is 107 cm³/mol. The molecule has 0 aromatic heterocycles. The van der Waals surface area contributed by atoms with Crippen molar-refractivity contribution in [1.29, 1.82) is 0 Å². The maximum Gasteiger partial charge on any atom is 0.260 e. The van der Waals surface area contributed by atoms with Crippen LogP contribution in [0.2, 0.25) is 0 Å². The van der Waals surface area contributed by atoms with Crippen LogP contribution in [0.25, 0.3) is 0 Å². The van der Waals surface area contributed by atoms with Crippen LogP contribution in [0.15, 0.2) is 53.4 Å². The van der Waals surface area contributed by atoms with Crippen molar-refractivity contribution < 1.29 is 27.1 Å². The molecule has 2 N–H and O–H groups in total. The fraction of sp³-hybridized carbons (Fsp3) is 0.300. The van der Waals surface area contributed by atoms with Gasteiger partial charge >= 0.3 is 0 Å². The number of carbonyl (C=O) groups is 2. The van der Waals surface area contributed by atoms with Crippen LogP contribution >= 0.6 is 0 Å². The fourth-order valence-corrected chi connectivity index (χ4v) is 4.58. The lowest BCUT2D eigenvalue weighted by molar-refractivity contribution is -0.133. The highest BCUT2D eigenvalue weighted by atomic mass is 32.2. The Labute approximate surface area is 174 Å². The molecule has 3 rings (SSSR count). The number of amides is 2. The number of nitrogens with zero attached hydrogens (tertiary/aromatic N) is 2. The van der Waals surface area contributed by atoms with Gasteiger partial charge in [0.15, 0.2) is 6.61 Å². The number of ether oxygens (including phenoxy) is 1. The molecule has 0 radical (unpaired) electrons. The molecule has 2 amide bonds. The van der Waals surface area contributed by atoms with Crippen LogP contribution in [0.1, 0.15) is 16.8 Å². The monoisotopic (exact) mass is 435 g/mol. The number of halogens is 1. The molecule has 2 aromatic carbocycles. The van der Waals surface area contributed by atoms with E-state index in [9.17, 15) is 22.4 Å². The first kappa shape index (κ1) is 21.7. The Morgan fingerprint density at radius 1 is 1.03 bits per heavy atom. The van der Waals surface area contributed by atoms with E-state index in [1.165, 1.54) is 27.4 Å². The normalized spacial score (nSPS) is 15.4. The summed E-state index contributed by atoms with van der Waals surface area (Å²) in [5.74, 6) is -1.06. The van der Waals surface area contributed by atoms with E-state index in [1.807, 2.05) is 0 Å². The molecule has 0 atom stereocenters. The van der Waals surface area contributed by atoms with Crippen LogP contribution in [0.3, 0.4) is 0 Å². The molecule has 0 spiro atoms. The van der Waals surface area contributed by atoms with Gasteiger partial charge in [-0.15, -0.1) is 0 Å². The first-order chi connectivity index (χ1) is 14.3. The Hall–Kier alpha value is -2.98. The molecule has 2 aromatic rings. The topological polar surface area (TPSA) is 110 Å². The van der Waals surface area contributed by atoms with Crippen LogP contribution < -0.4 is 10.5 Å². The summed E-state index contributed by atoms with van der Waals surface area (Å²) < 4.78 is 45.4. The summed E-state index contributed by atoms with van der Waals surface area (Å²) >= 11 is 0. The van der Waals surface area contributed by atoms with Crippen molar-refractivity contribution in [3.8, 4) is 5.75 Å². The largest absolute Gasteiger partial charge is 0.484 e. The van der Waals surface area contributed by atoms with Gasteiger partial charge in [-0.1, -0.05) is 6.07 Å². The number of sulfonamides is 1. The summed E-state index contributed by atoms with van der Waals surface area (Å²) in [6.45, 7) is 0.740. The van der Waals surface area contributed by atoms with Gasteiger partial charge in [0.05, 0.1) is 4.90 Å².